The van der Waals surface area contributed by atoms with E-state index in [9.17, 15) is 13.2 Å². The normalized spacial score (nSPS) is 15.7. The molecule has 3 heterocycles. The van der Waals surface area contributed by atoms with Gasteiger partial charge in [0, 0.05) is 43.4 Å². The van der Waals surface area contributed by atoms with Crippen LogP contribution in [0.1, 0.15) is 16.1 Å². The van der Waals surface area contributed by atoms with Gasteiger partial charge in [-0.15, -0.1) is 11.3 Å². The van der Waals surface area contributed by atoms with Gasteiger partial charge in [0.1, 0.15) is 0 Å². The van der Waals surface area contributed by atoms with E-state index in [1.165, 1.54) is 11.3 Å². The average molecular weight is 341 g/mol. The minimum absolute atomic E-state index is 0.264. The first kappa shape index (κ1) is 15.1. The Balaban J connectivity index is 1.86. The van der Waals surface area contributed by atoms with E-state index in [-0.39, 0.29) is 10.7 Å². The fraction of sp³-hybridized carbons (Fsp3) is 0.417. The van der Waals surface area contributed by atoms with Gasteiger partial charge in [0.05, 0.1) is 11.3 Å². The number of aromatic nitrogens is 3. The lowest BCUT2D eigenvalue weighted by Crippen LogP contribution is -2.36. The number of aromatic amines is 1. The second kappa shape index (κ2) is 5.45. The van der Waals surface area contributed by atoms with Crippen LogP contribution < -0.4 is 11.3 Å². The predicted octanol–water partition coefficient (Wildman–Crippen LogP) is -0.230. The number of nitrogens with one attached hydrogen (secondary N) is 1. The monoisotopic (exact) mass is 341 g/mol. The average Bonchev–Trinajstić information content (AvgIpc) is 2.83. The van der Waals surface area contributed by atoms with E-state index in [0.717, 1.165) is 11.1 Å². The smallest absolute Gasteiger partial charge is 0.256 e. The standard InChI is InChI=1S/C12H15N5O3S2/c1-22(19,20)12-15-9-2-3-17(6-8(9)10(18)16-12)5-7-4-14-11(13)21-7/h4H,2-3,5-6H2,1H3,(H2,13,14)(H,15,16,18). The Morgan fingerprint density at radius 1 is 1.50 bits per heavy atom. The van der Waals surface area contributed by atoms with Gasteiger partial charge >= 0.3 is 0 Å². The topological polar surface area (TPSA) is 122 Å². The molecule has 1 aliphatic rings. The van der Waals surface area contributed by atoms with Crippen LogP contribution in [0.4, 0.5) is 5.13 Å². The van der Waals surface area contributed by atoms with Crippen molar-refractivity contribution in [1.82, 2.24) is 19.9 Å². The van der Waals surface area contributed by atoms with Gasteiger partial charge in [-0.2, -0.15) is 0 Å². The van der Waals surface area contributed by atoms with Crippen molar-refractivity contribution in [1.29, 1.82) is 0 Å². The number of nitrogens with two attached hydrogens (primary N) is 1. The molecule has 0 amide bonds. The maximum absolute atomic E-state index is 12.1. The number of sulfone groups is 1. The number of fused-ring (bicyclic) bond motifs is 1. The number of nitrogens with zero attached hydrogens (tertiary/aromatic N) is 3. The Morgan fingerprint density at radius 2 is 2.27 bits per heavy atom. The second-order valence-corrected chi connectivity index (χ2v) is 8.27. The number of nitrogen functional groups attached to an aromatic ring is 1. The van der Waals surface area contributed by atoms with E-state index in [1.807, 2.05) is 0 Å². The van der Waals surface area contributed by atoms with Crippen LogP contribution in [-0.2, 0) is 29.3 Å². The zero-order chi connectivity index (χ0) is 15.9. The van der Waals surface area contributed by atoms with Gasteiger partial charge in [0.2, 0.25) is 15.0 Å². The zero-order valence-electron chi connectivity index (χ0n) is 11.9. The summed E-state index contributed by atoms with van der Waals surface area (Å²) < 4.78 is 23.0. The van der Waals surface area contributed by atoms with Crippen molar-refractivity contribution in [2.45, 2.75) is 24.7 Å². The van der Waals surface area contributed by atoms with Crippen LogP contribution in [0.2, 0.25) is 0 Å². The van der Waals surface area contributed by atoms with Crippen LogP contribution in [0, 0.1) is 0 Å². The summed E-state index contributed by atoms with van der Waals surface area (Å²) >= 11 is 1.42. The number of thiazole rings is 1. The highest BCUT2D eigenvalue weighted by Gasteiger charge is 2.23. The summed E-state index contributed by atoms with van der Waals surface area (Å²) in [4.78, 5) is 25.7. The largest absolute Gasteiger partial charge is 0.375 e. The molecule has 0 atom stereocenters. The van der Waals surface area contributed by atoms with Crippen molar-refractivity contribution in [3.05, 3.63) is 32.7 Å². The van der Waals surface area contributed by atoms with Crippen LogP contribution in [0.3, 0.4) is 0 Å². The molecule has 0 saturated carbocycles. The van der Waals surface area contributed by atoms with Gasteiger partial charge < -0.3 is 5.73 Å². The van der Waals surface area contributed by atoms with E-state index in [2.05, 4.69) is 19.9 Å². The Kier molecular flexibility index (Phi) is 3.75. The molecule has 0 saturated heterocycles. The molecule has 0 radical (unpaired) electrons. The third-order valence-corrected chi connectivity index (χ3v) is 5.14. The van der Waals surface area contributed by atoms with Gasteiger partial charge in [-0.05, 0) is 0 Å². The summed E-state index contributed by atoms with van der Waals surface area (Å²) in [5.74, 6) is 0. The van der Waals surface area contributed by atoms with Crippen molar-refractivity contribution in [3.8, 4) is 0 Å². The van der Waals surface area contributed by atoms with Crippen LogP contribution in [0.5, 0.6) is 0 Å². The summed E-state index contributed by atoms with van der Waals surface area (Å²) in [7, 11) is -3.52. The SMILES string of the molecule is CS(=O)(=O)c1nc2c(c(=O)[nH]1)CN(Cc1cnc(N)s1)CC2. The third kappa shape index (κ3) is 3.03. The van der Waals surface area contributed by atoms with E-state index in [4.69, 9.17) is 5.73 Å². The van der Waals surface area contributed by atoms with Crippen LogP contribution in [0.25, 0.3) is 0 Å². The molecule has 0 aromatic carbocycles. The molecule has 118 valence electrons. The van der Waals surface area contributed by atoms with Crippen LogP contribution in [-0.4, -0.2) is 41.1 Å². The molecule has 0 spiro atoms. The summed E-state index contributed by atoms with van der Waals surface area (Å²) in [6.45, 7) is 1.78. The van der Waals surface area contributed by atoms with E-state index in [1.54, 1.807) is 6.20 Å². The number of hydrogen-bond acceptors (Lipinski definition) is 8. The van der Waals surface area contributed by atoms with Crippen molar-refractivity contribution < 1.29 is 8.42 Å². The Bertz CT molecular complexity index is 871. The fourth-order valence-electron chi connectivity index (χ4n) is 2.38. The molecule has 3 rings (SSSR count). The first-order valence-electron chi connectivity index (χ1n) is 6.57. The highest BCUT2D eigenvalue weighted by atomic mass is 32.2. The van der Waals surface area contributed by atoms with Crippen molar-refractivity contribution in [3.63, 3.8) is 0 Å². The minimum Gasteiger partial charge on any atom is -0.375 e. The summed E-state index contributed by atoms with van der Waals surface area (Å²) in [5, 5.41) is 0.254. The van der Waals surface area contributed by atoms with Crippen LogP contribution in [0.15, 0.2) is 16.1 Å². The summed E-state index contributed by atoms with van der Waals surface area (Å²) in [6, 6.07) is 0. The molecule has 3 N–H and O–H groups in total. The maximum Gasteiger partial charge on any atom is 0.256 e. The summed E-state index contributed by atoms with van der Waals surface area (Å²) in [5.41, 5.74) is 6.30. The Morgan fingerprint density at radius 3 is 2.91 bits per heavy atom. The zero-order valence-corrected chi connectivity index (χ0v) is 13.5. The number of anilines is 1. The molecular formula is C12H15N5O3S2. The molecule has 10 heteroatoms. The van der Waals surface area contributed by atoms with Gasteiger partial charge in [-0.3, -0.25) is 14.7 Å². The molecule has 2 aromatic heterocycles. The molecule has 2 aromatic rings. The first-order valence-corrected chi connectivity index (χ1v) is 9.28. The lowest BCUT2D eigenvalue weighted by atomic mass is 10.1. The van der Waals surface area contributed by atoms with Crippen molar-refractivity contribution in [2.75, 3.05) is 18.5 Å². The van der Waals surface area contributed by atoms with E-state index >= 15 is 0 Å². The highest BCUT2D eigenvalue weighted by Crippen LogP contribution is 2.21. The summed E-state index contributed by atoms with van der Waals surface area (Å²) in [6.07, 6.45) is 3.29. The Hall–Kier alpha value is -1.78. The maximum atomic E-state index is 12.1. The van der Waals surface area contributed by atoms with Gasteiger partial charge in [-0.25, -0.2) is 18.4 Å². The van der Waals surface area contributed by atoms with Gasteiger partial charge in [0.15, 0.2) is 5.13 Å². The lowest BCUT2D eigenvalue weighted by molar-refractivity contribution is 0.243. The van der Waals surface area contributed by atoms with Crippen LogP contribution >= 0.6 is 11.3 Å². The minimum atomic E-state index is -3.52. The third-order valence-electron chi connectivity index (χ3n) is 3.43. The molecule has 8 nitrogen and oxygen atoms in total. The first-order chi connectivity index (χ1) is 10.3. The molecule has 0 aliphatic carbocycles. The fourth-order valence-corrected chi connectivity index (χ4v) is 3.67. The number of H-pyrrole nitrogens is 1. The number of hydrogen-bond donors (Lipinski definition) is 2. The second-order valence-electron chi connectivity index (χ2n) is 5.19. The Labute approximate surface area is 130 Å². The predicted molar refractivity (Wildman–Crippen MR) is 82.3 cm³/mol. The lowest BCUT2D eigenvalue weighted by Gasteiger charge is -2.26. The van der Waals surface area contributed by atoms with Gasteiger partial charge in [0.25, 0.3) is 5.56 Å². The highest BCUT2D eigenvalue weighted by molar-refractivity contribution is 7.90. The van der Waals surface area contributed by atoms with E-state index < -0.39 is 9.84 Å². The molecule has 0 bridgehead atoms. The quantitative estimate of drug-likeness (QED) is 0.739. The molecule has 0 fully saturated rings. The van der Waals surface area contributed by atoms with E-state index in [0.29, 0.717) is 42.4 Å². The molecular weight excluding hydrogens is 326 g/mol. The van der Waals surface area contributed by atoms with Gasteiger partial charge in [-0.1, -0.05) is 0 Å². The van der Waals surface area contributed by atoms with Crippen molar-refractivity contribution in [2.24, 2.45) is 0 Å². The molecule has 1 aliphatic heterocycles. The van der Waals surface area contributed by atoms with Crippen molar-refractivity contribution >= 4 is 26.3 Å². The molecule has 22 heavy (non-hydrogen) atoms. The number of rotatable bonds is 3. The molecule has 0 unspecified atom stereocenters.